The maximum atomic E-state index is 12.9. The Bertz CT molecular complexity index is 608. The van der Waals surface area contributed by atoms with Crippen LogP contribution in [0.4, 0.5) is 4.79 Å². The van der Waals surface area contributed by atoms with Crippen LogP contribution in [0, 0.1) is 0 Å². The molecule has 3 aliphatic heterocycles. The first-order valence-electron chi connectivity index (χ1n) is 11.3. The number of carbonyl (C=O) groups excluding carboxylic acids is 3. The van der Waals surface area contributed by atoms with Crippen molar-refractivity contribution < 1.29 is 23.9 Å². The lowest BCUT2D eigenvalue weighted by Crippen LogP contribution is -2.49. The highest BCUT2D eigenvalue weighted by Crippen LogP contribution is 2.20. The van der Waals surface area contributed by atoms with Gasteiger partial charge in [-0.25, -0.2) is 4.79 Å². The monoisotopic (exact) mass is 424 g/mol. The number of carbonyl (C=O) groups is 3. The lowest BCUT2D eigenvalue weighted by molar-refractivity contribution is -0.132. The molecule has 0 radical (unpaired) electrons. The number of amides is 3. The molecular weight excluding hydrogens is 388 g/mol. The molecule has 0 N–H and O–H groups in total. The summed E-state index contributed by atoms with van der Waals surface area (Å²) >= 11 is 0. The summed E-state index contributed by atoms with van der Waals surface area (Å²) in [6, 6.07) is 0.263. The van der Waals surface area contributed by atoms with Crippen LogP contribution in [0.1, 0.15) is 39.0 Å². The molecule has 0 unspecified atom stereocenters. The highest BCUT2D eigenvalue weighted by atomic mass is 16.6. The second kappa shape index (κ2) is 10.9. The normalized spacial score (nSPS) is 24.5. The lowest BCUT2D eigenvalue weighted by atomic mass is 10.0. The van der Waals surface area contributed by atoms with Gasteiger partial charge in [-0.3, -0.25) is 14.5 Å². The molecule has 0 aromatic heterocycles. The average Bonchev–Trinajstić information content (AvgIpc) is 3.08. The minimum absolute atomic E-state index is 0.0343. The number of hydrogen-bond acceptors (Lipinski definition) is 6. The largest absolute Gasteiger partial charge is 0.450 e. The molecule has 0 spiro atoms. The Morgan fingerprint density at radius 2 is 1.77 bits per heavy atom. The quantitative estimate of drug-likeness (QED) is 0.601. The van der Waals surface area contributed by atoms with Crippen molar-refractivity contribution in [2.45, 2.75) is 51.2 Å². The molecule has 9 heteroatoms. The van der Waals surface area contributed by atoms with Gasteiger partial charge in [0.05, 0.1) is 19.3 Å². The van der Waals surface area contributed by atoms with Crippen LogP contribution in [-0.2, 0) is 19.1 Å². The van der Waals surface area contributed by atoms with Crippen molar-refractivity contribution >= 4 is 17.9 Å². The molecule has 0 bridgehead atoms. The van der Waals surface area contributed by atoms with Gasteiger partial charge >= 0.3 is 6.09 Å². The van der Waals surface area contributed by atoms with Crippen molar-refractivity contribution in [1.29, 1.82) is 0 Å². The molecule has 9 nitrogen and oxygen atoms in total. The Labute approximate surface area is 179 Å². The smallest absolute Gasteiger partial charge is 0.409 e. The molecule has 170 valence electrons. The van der Waals surface area contributed by atoms with E-state index in [1.54, 1.807) is 12.0 Å². The van der Waals surface area contributed by atoms with Gasteiger partial charge in [-0.15, -0.1) is 0 Å². The van der Waals surface area contributed by atoms with Crippen LogP contribution in [-0.4, -0.2) is 116 Å². The second-order valence-electron chi connectivity index (χ2n) is 8.38. The molecule has 3 heterocycles. The number of piperidine rings is 1. The zero-order valence-electron chi connectivity index (χ0n) is 18.4. The topological polar surface area (TPSA) is 82.6 Å². The fourth-order valence-corrected chi connectivity index (χ4v) is 4.67. The summed E-state index contributed by atoms with van der Waals surface area (Å²) in [6.45, 7) is 7.39. The van der Waals surface area contributed by atoms with E-state index in [0.29, 0.717) is 52.3 Å². The molecule has 3 saturated heterocycles. The number of nitrogens with zero attached hydrogens (tertiary/aromatic N) is 4. The Kier molecular flexibility index (Phi) is 8.32. The zero-order chi connectivity index (χ0) is 21.5. The average molecular weight is 425 g/mol. The van der Waals surface area contributed by atoms with Crippen molar-refractivity contribution in [3.63, 3.8) is 0 Å². The van der Waals surface area contributed by atoms with Crippen molar-refractivity contribution in [2.75, 3.05) is 66.1 Å². The first-order chi connectivity index (χ1) is 14.5. The Hall–Kier alpha value is -1.87. The summed E-state index contributed by atoms with van der Waals surface area (Å²) in [5.41, 5.74) is 0. The van der Waals surface area contributed by atoms with Crippen LogP contribution < -0.4 is 0 Å². The molecule has 3 amide bonds. The molecule has 3 aliphatic rings. The van der Waals surface area contributed by atoms with E-state index in [4.69, 9.17) is 9.47 Å². The second-order valence-corrected chi connectivity index (χ2v) is 8.38. The number of methoxy groups -OCH3 is 1. The van der Waals surface area contributed by atoms with Crippen molar-refractivity contribution in [2.24, 2.45) is 0 Å². The highest BCUT2D eigenvalue weighted by molar-refractivity contribution is 5.79. The first-order valence-corrected chi connectivity index (χ1v) is 11.3. The van der Waals surface area contributed by atoms with Gasteiger partial charge in [0.2, 0.25) is 11.8 Å². The van der Waals surface area contributed by atoms with Crippen LogP contribution in [0.3, 0.4) is 0 Å². The van der Waals surface area contributed by atoms with Gasteiger partial charge in [-0.1, -0.05) is 0 Å². The molecule has 3 fully saturated rings. The molecule has 0 saturated carbocycles. The van der Waals surface area contributed by atoms with E-state index in [2.05, 4.69) is 4.90 Å². The third kappa shape index (κ3) is 5.85. The van der Waals surface area contributed by atoms with Gasteiger partial charge in [0, 0.05) is 65.4 Å². The van der Waals surface area contributed by atoms with E-state index in [1.807, 2.05) is 16.7 Å². The summed E-state index contributed by atoms with van der Waals surface area (Å²) in [5.74, 6) is 0.349. The molecule has 0 aromatic rings. The number of ether oxygens (including phenoxy) is 2. The number of hydrogen-bond donors (Lipinski definition) is 0. The lowest BCUT2D eigenvalue weighted by Gasteiger charge is -2.37. The fraction of sp³-hybridized carbons (Fsp3) is 0.857. The van der Waals surface area contributed by atoms with E-state index in [0.717, 1.165) is 38.8 Å². The van der Waals surface area contributed by atoms with E-state index >= 15 is 0 Å². The SMILES string of the molecule is CCOC(=O)N1CCC(N2CC(=O)N(CCCN3CCCC3=O)C[C@@H](OC)C2)CC1. The molecular formula is C21H36N4O5. The summed E-state index contributed by atoms with van der Waals surface area (Å²) in [7, 11) is 1.70. The predicted molar refractivity (Wildman–Crippen MR) is 111 cm³/mol. The van der Waals surface area contributed by atoms with Gasteiger partial charge in [0.25, 0.3) is 0 Å². The van der Waals surface area contributed by atoms with Crippen LogP contribution >= 0.6 is 0 Å². The van der Waals surface area contributed by atoms with Crippen molar-refractivity contribution in [1.82, 2.24) is 19.6 Å². The summed E-state index contributed by atoms with van der Waals surface area (Å²) < 4.78 is 10.8. The third-order valence-electron chi connectivity index (χ3n) is 6.42. The third-order valence-corrected chi connectivity index (χ3v) is 6.42. The molecule has 3 rings (SSSR count). The number of rotatable bonds is 7. The van der Waals surface area contributed by atoms with Crippen LogP contribution in [0.15, 0.2) is 0 Å². The van der Waals surface area contributed by atoms with E-state index in [9.17, 15) is 14.4 Å². The minimum atomic E-state index is -0.250. The van der Waals surface area contributed by atoms with E-state index < -0.39 is 0 Å². The summed E-state index contributed by atoms with van der Waals surface area (Å²) in [4.78, 5) is 44.4. The van der Waals surface area contributed by atoms with Gasteiger partial charge in [0.15, 0.2) is 0 Å². The zero-order valence-corrected chi connectivity index (χ0v) is 18.4. The fourth-order valence-electron chi connectivity index (χ4n) is 4.67. The van der Waals surface area contributed by atoms with E-state index in [1.165, 1.54) is 0 Å². The molecule has 0 aliphatic carbocycles. The van der Waals surface area contributed by atoms with Gasteiger partial charge < -0.3 is 24.2 Å². The summed E-state index contributed by atoms with van der Waals surface area (Å²) in [6.07, 6.45) is 3.77. The van der Waals surface area contributed by atoms with Crippen LogP contribution in [0.2, 0.25) is 0 Å². The Morgan fingerprint density at radius 3 is 2.40 bits per heavy atom. The minimum Gasteiger partial charge on any atom is -0.450 e. The Morgan fingerprint density at radius 1 is 1.03 bits per heavy atom. The first kappa shape index (κ1) is 22.8. The maximum absolute atomic E-state index is 12.9. The van der Waals surface area contributed by atoms with E-state index in [-0.39, 0.29) is 30.1 Å². The molecule has 1 atom stereocenters. The van der Waals surface area contributed by atoms with Crippen LogP contribution in [0.25, 0.3) is 0 Å². The Balaban J connectivity index is 1.50. The van der Waals surface area contributed by atoms with Crippen molar-refractivity contribution in [3.05, 3.63) is 0 Å². The van der Waals surface area contributed by atoms with Gasteiger partial charge in [-0.05, 0) is 32.6 Å². The molecule has 30 heavy (non-hydrogen) atoms. The predicted octanol–water partition coefficient (Wildman–Crippen LogP) is 0.779. The van der Waals surface area contributed by atoms with Gasteiger partial charge in [-0.2, -0.15) is 0 Å². The standard InChI is InChI=1S/C21H36N4O5/c1-3-30-21(28)23-12-7-17(8-13-23)25-15-18(29-2)14-24(20(27)16-25)11-5-10-22-9-4-6-19(22)26/h17-18H,3-16H2,1-2H3/t18-/m1/s1. The highest BCUT2D eigenvalue weighted by Gasteiger charge is 2.34. The maximum Gasteiger partial charge on any atom is 0.409 e. The number of likely N-dealkylation sites (tertiary alicyclic amines) is 2. The van der Waals surface area contributed by atoms with Crippen LogP contribution in [0.5, 0.6) is 0 Å². The van der Waals surface area contributed by atoms with Gasteiger partial charge in [0.1, 0.15) is 0 Å². The summed E-state index contributed by atoms with van der Waals surface area (Å²) in [5, 5.41) is 0. The molecule has 0 aromatic carbocycles. The van der Waals surface area contributed by atoms with Crippen molar-refractivity contribution in [3.8, 4) is 0 Å².